The van der Waals surface area contributed by atoms with E-state index in [1.54, 1.807) is 17.5 Å². The third-order valence-electron chi connectivity index (χ3n) is 2.82. The fourth-order valence-electron chi connectivity index (χ4n) is 1.90. The maximum absolute atomic E-state index is 12.9. The lowest BCUT2D eigenvalue weighted by Crippen LogP contribution is -2.03. The zero-order valence-corrected chi connectivity index (χ0v) is 12.5. The van der Waals surface area contributed by atoms with Crippen LogP contribution in [0.15, 0.2) is 34.1 Å². The number of nitrogens with two attached hydrogens (primary N) is 1. The monoisotopic (exact) mass is 342 g/mol. The molecule has 0 saturated heterocycles. The number of hydrogen-bond acceptors (Lipinski definition) is 6. The highest BCUT2D eigenvalue weighted by atomic mass is 32.1. The Morgan fingerprint density at radius 1 is 1.23 bits per heavy atom. The van der Waals surface area contributed by atoms with Gasteiger partial charge < -0.3 is 5.73 Å². The van der Waals surface area contributed by atoms with E-state index in [1.807, 2.05) is 0 Å². The quantitative estimate of drug-likeness (QED) is 0.547. The zero-order valence-electron chi connectivity index (χ0n) is 10.9. The van der Waals surface area contributed by atoms with Gasteiger partial charge in [0.2, 0.25) is 5.13 Å². The van der Waals surface area contributed by atoms with Crippen LogP contribution < -0.4 is 11.2 Å². The van der Waals surface area contributed by atoms with Crippen LogP contribution in [-0.2, 0) is 6.18 Å². The molecule has 3 rings (SSSR count). The van der Waals surface area contributed by atoms with E-state index in [2.05, 4.69) is 15.5 Å². The number of nitrogen functional groups attached to an aromatic ring is 1. The van der Waals surface area contributed by atoms with Gasteiger partial charge in [-0.1, -0.05) is 18.2 Å². The van der Waals surface area contributed by atoms with Gasteiger partial charge in [0, 0.05) is 26.4 Å². The third-order valence-corrected chi connectivity index (χ3v) is 4.63. The Morgan fingerprint density at radius 2 is 2.05 bits per heavy atom. The molecule has 0 radical (unpaired) electrons. The Labute approximate surface area is 131 Å². The minimum absolute atomic E-state index is 0.181. The number of aromatic nitrogens is 1. The van der Waals surface area contributed by atoms with Crippen LogP contribution in [-0.4, -0.2) is 11.2 Å². The maximum atomic E-state index is 12.9. The standard InChI is InChI=1S/C13H9F3N4S2/c14-13(15,16)9-5-21-11-7(2-1-3-8(9)11)4-18-20-12-19-10(17)6-22-12/h1-6H,17H2,(H,19,20). The van der Waals surface area contributed by atoms with Crippen molar-refractivity contribution >= 4 is 49.9 Å². The zero-order chi connectivity index (χ0) is 15.7. The summed E-state index contributed by atoms with van der Waals surface area (Å²) >= 11 is 2.33. The van der Waals surface area contributed by atoms with E-state index >= 15 is 0 Å². The van der Waals surface area contributed by atoms with Gasteiger partial charge in [0.05, 0.1) is 11.8 Å². The highest BCUT2D eigenvalue weighted by Gasteiger charge is 2.33. The molecule has 0 aliphatic rings. The number of nitrogens with zero attached hydrogens (tertiary/aromatic N) is 2. The van der Waals surface area contributed by atoms with Gasteiger partial charge in [0.1, 0.15) is 5.82 Å². The Morgan fingerprint density at radius 3 is 2.73 bits per heavy atom. The van der Waals surface area contributed by atoms with Gasteiger partial charge in [-0.2, -0.15) is 18.3 Å². The fraction of sp³-hybridized carbons (Fsp3) is 0.0769. The highest BCUT2D eigenvalue weighted by molar-refractivity contribution is 7.17. The van der Waals surface area contributed by atoms with Gasteiger partial charge in [-0.15, -0.1) is 22.7 Å². The van der Waals surface area contributed by atoms with Crippen molar-refractivity contribution in [1.29, 1.82) is 0 Å². The van der Waals surface area contributed by atoms with E-state index in [4.69, 9.17) is 5.73 Å². The average Bonchev–Trinajstić information content (AvgIpc) is 3.05. The minimum Gasteiger partial charge on any atom is -0.383 e. The molecule has 3 N–H and O–H groups in total. The molecule has 114 valence electrons. The van der Waals surface area contributed by atoms with Crippen molar-refractivity contribution in [2.24, 2.45) is 5.10 Å². The second-order valence-corrected chi connectivity index (χ2v) is 6.06. The summed E-state index contributed by atoms with van der Waals surface area (Å²) in [5, 5.41) is 7.47. The number of hydrazone groups is 1. The molecule has 0 unspecified atom stereocenters. The summed E-state index contributed by atoms with van der Waals surface area (Å²) in [7, 11) is 0. The summed E-state index contributed by atoms with van der Waals surface area (Å²) in [5.74, 6) is 0.387. The lowest BCUT2D eigenvalue weighted by atomic mass is 10.1. The summed E-state index contributed by atoms with van der Waals surface area (Å²) in [5.41, 5.74) is 8.16. The summed E-state index contributed by atoms with van der Waals surface area (Å²) in [6, 6.07) is 4.74. The maximum Gasteiger partial charge on any atom is 0.417 e. The fourth-order valence-corrected chi connectivity index (χ4v) is 3.50. The third kappa shape index (κ3) is 2.90. The van der Waals surface area contributed by atoms with Crippen molar-refractivity contribution in [3.63, 3.8) is 0 Å². The molecule has 4 nitrogen and oxygen atoms in total. The summed E-state index contributed by atoms with van der Waals surface area (Å²) in [6.45, 7) is 0. The van der Waals surface area contributed by atoms with E-state index in [9.17, 15) is 13.2 Å². The van der Waals surface area contributed by atoms with Crippen LogP contribution in [0.5, 0.6) is 0 Å². The van der Waals surface area contributed by atoms with E-state index in [0.717, 1.165) is 16.7 Å². The molecule has 0 bridgehead atoms. The van der Waals surface area contributed by atoms with Gasteiger partial charge >= 0.3 is 6.18 Å². The van der Waals surface area contributed by atoms with Gasteiger partial charge in [-0.25, -0.2) is 4.98 Å². The number of fused-ring (bicyclic) bond motifs is 1. The molecule has 3 aromatic rings. The van der Waals surface area contributed by atoms with Crippen molar-refractivity contribution in [2.75, 3.05) is 11.2 Å². The van der Waals surface area contributed by atoms with Crippen molar-refractivity contribution in [3.05, 3.63) is 40.1 Å². The molecule has 0 aliphatic carbocycles. The second kappa shape index (κ2) is 5.58. The molecule has 22 heavy (non-hydrogen) atoms. The first-order chi connectivity index (χ1) is 10.4. The molecule has 0 atom stereocenters. The van der Waals surface area contributed by atoms with Crippen LogP contribution in [0.2, 0.25) is 0 Å². The summed E-state index contributed by atoms with van der Waals surface area (Å²) < 4.78 is 39.2. The van der Waals surface area contributed by atoms with Crippen LogP contribution in [0, 0.1) is 0 Å². The smallest absolute Gasteiger partial charge is 0.383 e. The van der Waals surface area contributed by atoms with Crippen LogP contribution in [0.4, 0.5) is 24.1 Å². The van der Waals surface area contributed by atoms with Gasteiger partial charge in [-0.05, 0) is 0 Å². The average molecular weight is 342 g/mol. The second-order valence-electron chi connectivity index (χ2n) is 4.32. The van der Waals surface area contributed by atoms with E-state index in [0.29, 0.717) is 21.2 Å². The van der Waals surface area contributed by atoms with Crippen LogP contribution in [0.25, 0.3) is 10.1 Å². The number of alkyl halides is 3. The number of thiophene rings is 1. The molecule has 0 amide bonds. The normalized spacial score (nSPS) is 12.3. The first kappa shape index (κ1) is 14.8. The van der Waals surface area contributed by atoms with Crippen molar-refractivity contribution in [2.45, 2.75) is 6.18 Å². The molecule has 2 aromatic heterocycles. The van der Waals surface area contributed by atoms with Crippen LogP contribution >= 0.6 is 22.7 Å². The van der Waals surface area contributed by atoms with Gasteiger partial charge in [0.25, 0.3) is 0 Å². The number of thiazole rings is 1. The molecule has 0 fully saturated rings. The number of halogens is 3. The molecular formula is C13H9F3N4S2. The lowest BCUT2D eigenvalue weighted by molar-refractivity contribution is -0.136. The Bertz CT molecular complexity index is 835. The predicted molar refractivity (Wildman–Crippen MR) is 84.6 cm³/mol. The largest absolute Gasteiger partial charge is 0.417 e. The Kier molecular flexibility index (Phi) is 3.75. The molecule has 1 aromatic carbocycles. The number of benzene rings is 1. The number of nitrogens with one attached hydrogen (secondary N) is 1. The lowest BCUT2D eigenvalue weighted by Gasteiger charge is -2.04. The topological polar surface area (TPSA) is 63.3 Å². The van der Waals surface area contributed by atoms with E-state index in [-0.39, 0.29) is 5.39 Å². The van der Waals surface area contributed by atoms with Crippen LogP contribution in [0.3, 0.4) is 0 Å². The van der Waals surface area contributed by atoms with Gasteiger partial charge in [0.15, 0.2) is 0 Å². The SMILES string of the molecule is Nc1csc(NN=Cc2cccc3c(C(F)(F)F)csc23)n1. The molecule has 2 heterocycles. The number of anilines is 2. The van der Waals surface area contributed by atoms with Gasteiger partial charge in [-0.3, -0.25) is 5.43 Å². The number of hydrogen-bond donors (Lipinski definition) is 2. The van der Waals surface area contributed by atoms with Crippen LogP contribution in [0.1, 0.15) is 11.1 Å². The first-order valence-corrected chi connectivity index (χ1v) is 7.78. The molecule has 0 saturated carbocycles. The number of rotatable bonds is 3. The summed E-state index contributed by atoms with van der Waals surface area (Å²) in [6.07, 6.45) is -2.89. The highest BCUT2D eigenvalue weighted by Crippen LogP contribution is 2.39. The minimum atomic E-state index is -4.36. The van der Waals surface area contributed by atoms with E-state index in [1.165, 1.54) is 23.6 Å². The van der Waals surface area contributed by atoms with Crippen molar-refractivity contribution in [3.8, 4) is 0 Å². The molecule has 0 aliphatic heterocycles. The molecular weight excluding hydrogens is 333 g/mol. The Balaban J connectivity index is 1.89. The predicted octanol–water partition coefficient (Wildman–Crippen LogP) is 4.40. The Hall–Kier alpha value is -2.13. The van der Waals surface area contributed by atoms with E-state index < -0.39 is 11.7 Å². The van der Waals surface area contributed by atoms with Crippen molar-refractivity contribution < 1.29 is 13.2 Å². The molecule has 0 spiro atoms. The van der Waals surface area contributed by atoms with Crippen molar-refractivity contribution in [1.82, 2.24) is 4.98 Å². The molecule has 9 heteroatoms. The summed E-state index contributed by atoms with van der Waals surface area (Å²) in [4.78, 5) is 3.97. The first-order valence-electron chi connectivity index (χ1n) is 6.02.